The van der Waals surface area contributed by atoms with Gasteiger partial charge in [-0.25, -0.2) is 0 Å². The van der Waals surface area contributed by atoms with Crippen LogP contribution < -0.4 is 5.32 Å². The minimum absolute atomic E-state index is 0.0100. The Kier molecular flexibility index (Phi) is 5.88. The quantitative estimate of drug-likeness (QED) is 0.555. The fourth-order valence-corrected chi connectivity index (χ4v) is 5.70. The Labute approximate surface area is 197 Å². The Bertz CT molecular complexity index is 1100. The van der Waals surface area contributed by atoms with Crippen LogP contribution in [-0.2, 0) is 23.5 Å². The van der Waals surface area contributed by atoms with E-state index in [0.717, 1.165) is 16.0 Å². The van der Waals surface area contributed by atoms with Crippen LogP contribution in [-0.4, -0.2) is 28.9 Å². The van der Waals surface area contributed by atoms with Crippen molar-refractivity contribution >= 4 is 46.3 Å². The van der Waals surface area contributed by atoms with Crippen molar-refractivity contribution in [2.75, 3.05) is 0 Å². The van der Waals surface area contributed by atoms with Crippen molar-refractivity contribution in [2.45, 2.75) is 58.1 Å². The molecule has 1 aromatic heterocycles. The Morgan fingerprint density at radius 2 is 1.91 bits per heavy atom. The molecule has 3 heterocycles. The highest BCUT2D eigenvalue weighted by molar-refractivity contribution is 7.14. The van der Waals surface area contributed by atoms with Crippen LogP contribution in [0.3, 0.4) is 0 Å². The lowest BCUT2D eigenvalue weighted by Crippen LogP contribution is -2.43. The van der Waals surface area contributed by atoms with E-state index in [4.69, 9.17) is 28.0 Å². The number of halogens is 5. The monoisotopic (exact) mass is 505 g/mol. The Morgan fingerprint density at radius 3 is 2.47 bits per heavy atom. The number of amides is 1. The van der Waals surface area contributed by atoms with E-state index in [2.05, 4.69) is 10.5 Å². The number of nitrogens with one attached hydrogen (secondary N) is 1. The molecule has 0 radical (unpaired) electrons. The van der Waals surface area contributed by atoms with Crippen molar-refractivity contribution in [2.24, 2.45) is 5.16 Å². The summed E-state index contributed by atoms with van der Waals surface area (Å²) in [5.74, 6) is 0.0494. The number of thiophene rings is 1. The summed E-state index contributed by atoms with van der Waals surface area (Å²) in [5.41, 5.74) is -1.07. The van der Waals surface area contributed by atoms with Gasteiger partial charge in [-0.3, -0.25) is 4.79 Å². The Hall–Kier alpha value is -1.97. The summed E-state index contributed by atoms with van der Waals surface area (Å²) in [6.45, 7) is 6.35. The molecule has 1 N–H and O–H groups in total. The SMILES string of the molecule is Cc1c(C(=O)NC(C)C)sc2c1CN(C1=NOC(c3cc(Cl)cc(Cl)c3)(C(F)(F)F)C1)C2. The molecule has 4 rings (SSSR count). The zero-order chi connectivity index (χ0) is 23.4. The van der Waals surface area contributed by atoms with Crippen LogP contribution in [0.1, 0.15) is 51.5 Å². The molecule has 0 aliphatic carbocycles. The van der Waals surface area contributed by atoms with E-state index < -0.39 is 18.2 Å². The third-order valence-electron chi connectivity index (χ3n) is 5.53. The lowest BCUT2D eigenvalue weighted by atomic mass is 9.89. The molecular formula is C21H20Cl2F3N3O2S. The molecular weight excluding hydrogens is 486 g/mol. The average Bonchev–Trinajstić information content (AvgIpc) is 3.34. The molecule has 0 fully saturated rings. The molecule has 2 aromatic rings. The molecule has 1 amide bonds. The number of carbonyl (C=O) groups excluding carboxylic acids is 1. The fourth-order valence-electron chi connectivity index (χ4n) is 3.93. The fraction of sp³-hybridized carbons (Fsp3) is 0.429. The van der Waals surface area contributed by atoms with Crippen LogP contribution in [0.4, 0.5) is 13.2 Å². The lowest BCUT2D eigenvalue weighted by Gasteiger charge is -2.30. The molecule has 2 aliphatic rings. The predicted molar refractivity (Wildman–Crippen MR) is 118 cm³/mol. The molecule has 11 heteroatoms. The third-order valence-corrected chi connectivity index (χ3v) is 7.28. The number of carbonyl (C=O) groups is 1. The number of hydrogen-bond acceptors (Lipinski definition) is 5. The van der Waals surface area contributed by atoms with Gasteiger partial charge in [0.2, 0.25) is 0 Å². The number of rotatable bonds is 3. The van der Waals surface area contributed by atoms with Crippen LogP contribution in [0.15, 0.2) is 23.4 Å². The molecule has 0 spiro atoms. The molecule has 1 unspecified atom stereocenters. The van der Waals surface area contributed by atoms with Crippen molar-refractivity contribution in [3.63, 3.8) is 0 Å². The highest BCUT2D eigenvalue weighted by Gasteiger charge is 2.63. The predicted octanol–water partition coefficient (Wildman–Crippen LogP) is 6.01. The number of hydrogen-bond donors (Lipinski definition) is 1. The Balaban J connectivity index is 1.57. The topological polar surface area (TPSA) is 53.9 Å². The maximum atomic E-state index is 14.2. The van der Waals surface area contributed by atoms with Crippen molar-refractivity contribution in [1.82, 2.24) is 10.2 Å². The molecule has 2 aliphatic heterocycles. The Morgan fingerprint density at radius 1 is 1.25 bits per heavy atom. The minimum atomic E-state index is -4.74. The number of oxime groups is 1. The van der Waals surface area contributed by atoms with Crippen molar-refractivity contribution in [1.29, 1.82) is 0 Å². The van der Waals surface area contributed by atoms with Gasteiger partial charge in [0.25, 0.3) is 11.5 Å². The number of alkyl halides is 3. The standard InChI is InChI=1S/C21H20Cl2F3N3O2S/c1-10(2)27-19(30)18-11(3)15-8-29(9-16(15)32-18)17-7-20(31-28-17,21(24,25)26)12-4-13(22)6-14(23)5-12/h4-6,10H,7-9H2,1-3H3,(H,27,30). The molecule has 5 nitrogen and oxygen atoms in total. The molecule has 0 saturated carbocycles. The molecule has 1 aromatic carbocycles. The largest absolute Gasteiger partial charge is 0.435 e. The third kappa shape index (κ3) is 3.95. The number of amidine groups is 1. The van der Waals surface area contributed by atoms with Crippen LogP contribution in [0.2, 0.25) is 10.0 Å². The first-order chi connectivity index (χ1) is 14.9. The van der Waals surface area contributed by atoms with E-state index in [9.17, 15) is 18.0 Å². The second-order valence-electron chi connectivity index (χ2n) is 8.20. The van der Waals surface area contributed by atoms with Gasteiger partial charge in [-0.05, 0) is 50.1 Å². The van der Waals surface area contributed by atoms with E-state index in [1.807, 2.05) is 20.8 Å². The molecule has 0 bridgehead atoms. The van der Waals surface area contributed by atoms with Crippen LogP contribution in [0, 0.1) is 6.92 Å². The molecule has 0 saturated heterocycles. The summed E-state index contributed by atoms with van der Waals surface area (Å²) in [5, 5.41) is 6.87. The molecule has 32 heavy (non-hydrogen) atoms. The maximum absolute atomic E-state index is 14.2. The zero-order valence-electron chi connectivity index (χ0n) is 17.4. The number of fused-ring (bicyclic) bond motifs is 1. The van der Waals surface area contributed by atoms with E-state index in [-0.39, 0.29) is 33.4 Å². The normalized spacial score (nSPS) is 20.4. The van der Waals surface area contributed by atoms with E-state index in [1.54, 1.807) is 4.90 Å². The molecule has 172 valence electrons. The van der Waals surface area contributed by atoms with Gasteiger partial charge in [-0.1, -0.05) is 28.4 Å². The number of benzene rings is 1. The van der Waals surface area contributed by atoms with Gasteiger partial charge in [-0.2, -0.15) is 13.2 Å². The maximum Gasteiger partial charge on any atom is 0.435 e. The molecule has 1 atom stereocenters. The average molecular weight is 506 g/mol. The van der Waals surface area contributed by atoms with Crippen LogP contribution in [0.5, 0.6) is 0 Å². The van der Waals surface area contributed by atoms with E-state index in [0.29, 0.717) is 18.0 Å². The van der Waals surface area contributed by atoms with Gasteiger partial charge in [-0.15, -0.1) is 11.3 Å². The summed E-state index contributed by atoms with van der Waals surface area (Å²) in [7, 11) is 0. The van der Waals surface area contributed by atoms with E-state index >= 15 is 0 Å². The summed E-state index contributed by atoms with van der Waals surface area (Å²) in [6, 6.07) is 3.77. The number of nitrogens with zero attached hydrogens (tertiary/aromatic N) is 2. The lowest BCUT2D eigenvalue weighted by molar-refractivity contribution is -0.275. The first-order valence-electron chi connectivity index (χ1n) is 9.86. The summed E-state index contributed by atoms with van der Waals surface area (Å²) in [6.07, 6.45) is -5.24. The summed E-state index contributed by atoms with van der Waals surface area (Å²) < 4.78 is 42.6. The van der Waals surface area contributed by atoms with Crippen molar-refractivity contribution < 1.29 is 22.8 Å². The van der Waals surface area contributed by atoms with Gasteiger partial charge in [0.15, 0.2) is 0 Å². The van der Waals surface area contributed by atoms with Gasteiger partial charge >= 0.3 is 6.18 Å². The van der Waals surface area contributed by atoms with Gasteiger partial charge in [0.05, 0.1) is 17.8 Å². The van der Waals surface area contributed by atoms with Crippen molar-refractivity contribution in [3.8, 4) is 0 Å². The second kappa shape index (κ2) is 8.11. The smallest absolute Gasteiger partial charge is 0.372 e. The van der Waals surface area contributed by atoms with Gasteiger partial charge in [0, 0.05) is 33.1 Å². The van der Waals surface area contributed by atoms with Gasteiger partial charge in [0.1, 0.15) is 5.84 Å². The highest BCUT2D eigenvalue weighted by Crippen LogP contribution is 2.50. The first-order valence-corrected chi connectivity index (χ1v) is 11.4. The minimum Gasteiger partial charge on any atom is -0.372 e. The van der Waals surface area contributed by atoms with E-state index in [1.165, 1.54) is 29.5 Å². The summed E-state index contributed by atoms with van der Waals surface area (Å²) in [4.78, 5) is 20.8. The van der Waals surface area contributed by atoms with Gasteiger partial charge < -0.3 is 15.1 Å². The first kappa shape index (κ1) is 23.2. The van der Waals surface area contributed by atoms with Crippen LogP contribution >= 0.6 is 34.5 Å². The summed E-state index contributed by atoms with van der Waals surface area (Å²) >= 11 is 13.3. The highest BCUT2D eigenvalue weighted by atomic mass is 35.5. The van der Waals surface area contributed by atoms with Crippen molar-refractivity contribution in [3.05, 3.63) is 54.7 Å². The second-order valence-corrected chi connectivity index (χ2v) is 10.2. The van der Waals surface area contributed by atoms with Crippen LogP contribution in [0.25, 0.3) is 0 Å². The zero-order valence-corrected chi connectivity index (χ0v) is 19.8.